The second-order valence-corrected chi connectivity index (χ2v) is 8.92. The fourth-order valence-electron chi connectivity index (χ4n) is 4.46. The van der Waals surface area contributed by atoms with Crippen molar-refractivity contribution in [2.45, 2.75) is 39.0 Å². The van der Waals surface area contributed by atoms with Crippen molar-refractivity contribution in [1.29, 1.82) is 0 Å². The van der Waals surface area contributed by atoms with E-state index in [0.717, 1.165) is 36.1 Å². The molecule has 3 heterocycles. The third-order valence-corrected chi connectivity index (χ3v) is 6.41. The van der Waals surface area contributed by atoms with Crippen molar-refractivity contribution in [3.63, 3.8) is 0 Å². The van der Waals surface area contributed by atoms with Gasteiger partial charge in [-0.15, -0.1) is 0 Å². The first kappa shape index (κ1) is 22.0. The van der Waals surface area contributed by atoms with Crippen molar-refractivity contribution < 1.29 is 23.6 Å². The van der Waals surface area contributed by atoms with E-state index in [0.29, 0.717) is 35.9 Å². The predicted molar refractivity (Wildman–Crippen MR) is 125 cm³/mol. The Bertz CT molecular complexity index is 1230. The highest BCUT2D eigenvalue weighted by Crippen LogP contribution is 2.34. The fourth-order valence-corrected chi connectivity index (χ4v) is 4.46. The van der Waals surface area contributed by atoms with Gasteiger partial charge in [0.05, 0.1) is 6.42 Å². The minimum Gasteiger partial charge on any atom is -0.454 e. The van der Waals surface area contributed by atoms with Crippen LogP contribution in [-0.4, -0.2) is 41.8 Å². The van der Waals surface area contributed by atoms with Crippen LogP contribution in [0.2, 0.25) is 0 Å². The third-order valence-electron chi connectivity index (χ3n) is 6.41. The number of nitrogens with one attached hydrogen (secondary N) is 1. The summed E-state index contributed by atoms with van der Waals surface area (Å²) in [7, 11) is 0. The SMILES string of the molecule is Cc1ccc(C)c(CC(=O)N2CCCC(c3cc(C(=O)Nc4ccc5c(c4)OCO5)no3)C2)c1. The number of fused-ring (bicyclic) bond motifs is 1. The highest BCUT2D eigenvalue weighted by Gasteiger charge is 2.28. The summed E-state index contributed by atoms with van der Waals surface area (Å²) in [6.45, 7) is 5.53. The number of hydrogen-bond donors (Lipinski definition) is 1. The largest absolute Gasteiger partial charge is 0.454 e. The van der Waals surface area contributed by atoms with Crippen LogP contribution in [0.1, 0.15) is 51.7 Å². The van der Waals surface area contributed by atoms with Gasteiger partial charge in [0.15, 0.2) is 17.2 Å². The maximum absolute atomic E-state index is 13.0. The van der Waals surface area contributed by atoms with Crippen molar-refractivity contribution in [3.05, 3.63) is 70.6 Å². The lowest BCUT2D eigenvalue weighted by Crippen LogP contribution is -2.40. The summed E-state index contributed by atoms with van der Waals surface area (Å²) in [5.74, 6) is 1.62. The Morgan fingerprint density at radius 3 is 2.82 bits per heavy atom. The Kier molecular flexibility index (Phi) is 5.96. The topological polar surface area (TPSA) is 93.9 Å². The molecule has 8 heteroatoms. The van der Waals surface area contributed by atoms with Crippen molar-refractivity contribution in [2.24, 2.45) is 0 Å². The molecule has 2 aliphatic rings. The number of nitrogens with zero attached hydrogens (tertiary/aromatic N) is 2. The Morgan fingerprint density at radius 1 is 1.09 bits per heavy atom. The molecule has 3 aromatic rings. The molecule has 0 bridgehead atoms. The zero-order valence-corrected chi connectivity index (χ0v) is 19.3. The molecule has 2 aliphatic heterocycles. The molecule has 34 heavy (non-hydrogen) atoms. The number of aryl methyl sites for hydroxylation is 2. The smallest absolute Gasteiger partial charge is 0.277 e. The molecule has 0 radical (unpaired) electrons. The number of aromatic nitrogens is 1. The third kappa shape index (κ3) is 4.62. The molecule has 1 atom stereocenters. The maximum atomic E-state index is 13.0. The van der Waals surface area contributed by atoms with Crippen LogP contribution in [0.5, 0.6) is 11.5 Å². The van der Waals surface area contributed by atoms with E-state index in [-0.39, 0.29) is 30.2 Å². The Balaban J connectivity index is 1.22. The zero-order chi connectivity index (χ0) is 23.7. The standard InChI is InChI=1S/C26H27N3O5/c1-16-5-6-17(2)19(10-16)11-25(30)29-9-3-4-18(14-29)23-13-21(28-34-23)26(31)27-20-7-8-22-24(12-20)33-15-32-22/h5-8,10,12-13,18H,3-4,9,11,14-15H2,1-2H3,(H,27,31). The molecule has 1 fully saturated rings. The number of piperidine rings is 1. The lowest BCUT2D eigenvalue weighted by Gasteiger charge is -2.31. The van der Waals surface area contributed by atoms with Gasteiger partial charge in [0, 0.05) is 36.8 Å². The molecule has 5 rings (SSSR count). The Hall–Kier alpha value is -3.81. The number of benzene rings is 2. The van der Waals surface area contributed by atoms with Crippen molar-refractivity contribution in [2.75, 3.05) is 25.2 Å². The fraction of sp³-hybridized carbons (Fsp3) is 0.346. The van der Waals surface area contributed by atoms with E-state index >= 15 is 0 Å². The van der Waals surface area contributed by atoms with Gasteiger partial charge in [0.25, 0.3) is 5.91 Å². The van der Waals surface area contributed by atoms with Crippen LogP contribution >= 0.6 is 0 Å². The molecule has 0 saturated carbocycles. The van der Waals surface area contributed by atoms with Crippen molar-refractivity contribution in [1.82, 2.24) is 10.1 Å². The number of likely N-dealkylation sites (tertiary alicyclic amines) is 1. The number of ether oxygens (including phenoxy) is 2. The van der Waals surface area contributed by atoms with Crippen LogP contribution in [-0.2, 0) is 11.2 Å². The summed E-state index contributed by atoms with van der Waals surface area (Å²) in [5, 5.41) is 6.78. The predicted octanol–water partition coefficient (Wildman–Crippen LogP) is 4.22. The van der Waals surface area contributed by atoms with E-state index in [2.05, 4.69) is 28.7 Å². The highest BCUT2D eigenvalue weighted by atomic mass is 16.7. The first-order chi connectivity index (χ1) is 16.5. The van der Waals surface area contributed by atoms with E-state index in [4.69, 9.17) is 14.0 Å². The van der Waals surface area contributed by atoms with Crippen LogP contribution in [0.15, 0.2) is 47.0 Å². The van der Waals surface area contributed by atoms with Crippen LogP contribution < -0.4 is 14.8 Å². The quantitative estimate of drug-likeness (QED) is 0.611. The van der Waals surface area contributed by atoms with Gasteiger partial charge >= 0.3 is 0 Å². The molecule has 0 aliphatic carbocycles. The number of rotatable bonds is 5. The van der Waals surface area contributed by atoms with Gasteiger partial charge < -0.3 is 24.2 Å². The summed E-state index contributed by atoms with van der Waals surface area (Å²) in [4.78, 5) is 27.6. The minimum atomic E-state index is -0.368. The number of amides is 2. The molecule has 176 valence electrons. The van der Waals surface area contributed by atoms with E-state index in [1.165, 1.54) is 0 Å². The van der Waals surface area contributed by atoms with E-state index in [9.17, 15) is 9.59 Å². The van der Waals surface area contributed by atoms with Crippen LogP contribution in [0.3, 0.4) is 0 Å². The van der Waals surface area contributed by atoms with Crippen LogP contribution in [0.4, 0.5) is 5.69 Å². The van der Waals surface area contributed by atoms with Crippen LogP contribution in [0.25, 0.3) is 0 Å². The monoisotopic (exact) mass is 461 g/mol. The highest BCUT2D eigenvalue weighted by molar-refractivity contribution is 6.03. The first-order valence-electron chi connectivity index (χ1n) is 11.5. The molecule has 1 aromatic heterocycles. The van der Waals surface area contributed by atoms with Crippen LogP contribution in [0, 0.1) is 13.8 Å². The lowest BCUT2D eigenvalue weighted by molar-refractivity contribution is -0.131. The van der Waals surface area contributed by atoms with Crippen molar-refractivity contribution in [3.8, 4) is 11.5 Å². The number of anilines is 1. The molecule has 2 aromatic carbocycles. The molecular weight excluding hydrogens is 434 g/mol. The zero-order valence-electron chi connectivity index (χ0n) is 19.3. The normalized spacial score (nSPS) is 17.0. The molecule has 1 N–H and O–H groups in total. The summed E-state index contributed by atoms with van der Waals surface area (Å²) in [6, 6.07) is 13.1. The van der Waals surface area contributed by atoms with Gasteiger partial charge in [-0.05, 0) is 49.9 Å². The molecule has 1 saturated heterocycles. The Labute approximate surface area is 197 Å². The van der Waals surface area contributed by atoms with E-state index in [1.807, 2.05) is 18.7 Å². The van der Waals surface area contributed by atoms with Gasteiger partial charge in [0.1, 0.15) is 5.76 Å². The first-order valence-corrected chi connectivity index (χ1v) is 11.5. The van der Waals surface area contributed by atoms with Gasteiger partial charge in [-0.2, -0.15) is 0 Å². The second-order valence-electron chi connectivity index (χ2n) is 8.92. The Morgan fingerprint density at radius 2 is 1.94 bits per heavy atom. The maximum Gasteiger partial charge on any atom is 0.277 e. The number of carbonyl (C=O) groups excluding carboxylic acids is 2. The van der Waals surface area contributed by atoms with E-state index in [1.54, 1.807) is 24.3 Å². The molecule has 0 spiro atoms. The average molecular weight is 462 g/mol. The second kappa shape index (κ2) is 9.21. The average Bonchev–Trinajstić information content (AvgIpc) is 3.51. The van der Waals surface area contributed by atoms with Gasteiger partial charge in [-0.3, -0.25) is 9.59 Å². The molecule has 8 nitrogen and oxygen atoms in total. The van der Waals surface area contributed by atoms with Gasteiger partial charge in [-0.25, -0.2) is 0 Å². The van der Waals surface area contributed by atoms with Gasteiger partial charge in [0.2, 0.25) is 12.7 Å². The van der Waals surface area contributed by atoms with Gasteiger partial charge in [-0.1, -0.05) is 28.9 Å². The summed E-state index contributed by atoms with van der Waals surface area (Å²) in [5.41, 5.74) is 4.12. The number of hydrogen-bond acceptors (Lipinski definition) is 6. The molecular formula is C26H27N3O5. The molecule has 2 amide bonds. The summed E-state index contributed by atoms with van der Waals surface area (Å²) < 4.78 is 16.2. The van der Waals surface area contributed by atoms with Crippen molar-refractivity contribution >= 4 is 17.5 Å². The number of carbonyl (C=O) groups is 2. The minimum absolute atomic E-state index is 0.0101. The summed E-state index contributed by atoms with van der Waals surface area (Å²) >= 11 is 0. The lowest BCUT2D eigenvalue weighted by atomic mass is 9.94. The summed E-state index contributed by atoms with van der Waals surface area (Å²) in [6.07, 6.45) is 2.15. The molecule has 1 unspecified atom stereocenters. The van der Waals surface area contributed by atoms with E-state index < -0.39 is 0 Å².